The summed E-state index contributed by atoms with van der Waals surface area (Å²) in [4.78, 5) is 10.3. The highest BCUT2D eigenvalue weighted by Gasteiger charge is 2.28. The highest BCUT2D eigenvalue weighted by Crippen LogP contribution is 2.43. The van der Waals surface area contributed by atoms with Gasteiger partial charge in [0.15, 0.2) is 0 Å². The van der Waals surface area contributed by atoms with Crippen LogP contribution in [0.15, 0.2) is 22.8 Å². The maximum absolute atomic E-state index is 10.3. The molecule has 0 aliphatic heterocycles. The summed E-state index contributed by atoms with van der Waals surface area (Å²) in [7, 11) is 0. The van der Waals surface area contributed by atoms with E-state index in [1.807, 2.05) is 0 Å². The lowest BCUT2D eigenvalue weighted by atomic mass is 9.89. The molecule has 0 heterocycles. The molecule has 3 heteroatoms. The minimum absolute atomic E-state index is 0.176. The van der Waals surface area contributed by atoms with Crippen LogP contribution < -0.4 is 0 Å². The summed E-state index contributed by atoms with van der Waals surface area (Å²) in [6.45, 7) is 4.24. The Morgan fingerprint density at radius 2 is 2.15 bits per heavy atom. The summed E-state index contributed by atoms with van der Waals surface area (Å²) < 4.78 is 0. The molecule has 0 atom stereocenters. The Labute approximate surface area is 82.9 Å². The van der Waals surface area contributed by atoms with Gasteiger partial charge in [-0.05, 0) is 23.8 Å². The van der Waals surface area contributed by atoms with Crippen LogP contribution in [-0.4, -0.2) is 11.1 Å². The van der Waals surface area contributed by atoms with Crippen LogP contribution >= 0.6 is 11.6 Å². The van der Waals surface area contributed by atoms with E-state index in [2.05, 4.69) is 13.8 Å². The van der Waals surface area contributed by atoms with E-state index in [1.54, 1.807) is 6.08 Å². The summed E-state index contributed by atoms with van der Waals surface area (Å²) in [5.41, 5.74) is 1.13. The van der Waals surface area contributed by atoms with Crippen molar-refractivity contribution in [1.82, 2.24) is 0 Å². The fourth-order valence-electron chi connectivity index (χ4n) is 1.53. The Balaban J connectivity index is 2.72. The number of carbonyl (C=O) groups is 1. The maximum Gasteiger partial charge on any atom is 0.328 e. The van der Waals surface area contributed by atoms with Gasteiger partial charge in [-0.3, -0.25) is 0 Å². The molecule has 0 saturated heterocycles. The molecule has 0 radical (unpaired) electrons. The van der Waals surface area contributed by atoms with E-state index in [0.29, 0.717) is 0 Å². The standard InChI is InChI=1S/C10H13ClO2/c1-10(2)5-7(8(11)6-10)3-4-9(12)13/h3-4H,5-6H2,1-2H3,(H,12,13)/b4-3+. The van der Waals surface area contributed by atoms with Crippen molar-refractivity contribution in [2.75, 3.05) is 0 Å². The lowest BCUT2D eigenvalue weighted by Gasteiger charge is -2.15. The Morgan fingerprint density at radius 1 is 1.54 bits per heavy atom. The molecular weight excluding hydrogens is 188 g/mol. The molecule has 0 aromatic carbocycles. The van der Waals surface area contributed by atoms with Gasteiger partial charge in [-0.1, -0.05) is 31.5 Å². The summed E-state index contributed by atoms with van der Waals surface area (Å²) in [6.07, 6.45) is 4.43. The van der Waals surface area contributed by atoms with Crippen LogP contribution in [0.2, 0.25) is 0 Å². The van der Waals surface area contributed by atoms with Crippen molar-refractivity contribution < 1.29 is 9.90 Å². The zero-order chi connectivity index (χ0) is 10.1. The Bertz CT molecular complexity index is 287. The quantitative estimate of drug-likeness (QED) is 0.696. The number of allylic oxidation sites excluding steroid dienone is 3. The molecule has 1 rings (SSSR count). The van der Waals surface area contributed by atoms with E-state index in [1.165, 1.54) is 0 Å². The van der Waals surface area contributed by atoms with Gasteiger partial charge in [0.25, 0.3) is 0 Å². The average Bonchev–Trinajstić information content (AvgIpc) is 2.20. The van der Waals surface area contributed by atoms with Crippen molar-refractivity contribution in [2.24, 2.45) is 5.41 Å². The smallest absolute Gasteiger partial charge is 0.328 e. The van der Waals surface area contributed by atoms with Crippen LogP contribution in [0.5, 0.6) is 0 Å². The molecule has 0 fully saturated rings. The molecule has 0 saturated carbocycles. The molecular formula is C10H13ClO2. The predicted octanol–water partition coefficient (Wildman–Crippen LogP) is 2.94. The van der Waals surface area contributed by atoms with Crippen LogP contribution in [-0.2, 0) is 4.79 Å². The first-order valence-corrected chi connectivity index (χ1v) is 4.57. The molecule has 0 spiro atoms. The third kappa shape index (κ3) is 2.88. The van der Waals surface area contributed by atoms with Crippen molar-refractivity contribution in [3.8, 4) is 0 Å². The molecule has 1 aliphatic rings. The first-order chi connectivity index (χ1) is 5.91. The van der Waals surface area contributed by atoms with Gasteiger partial charge in [-0.25, -0.2) is 4.79 Å². The van der Waals surface area contributed by atoms with Crippen LogP contribution in [0.4, 0.5) is 0 Å². The number of hydrogen-bond acceptors (Lipinski definition) is 1. The average molecular weight is 201 g/mol. The van der Waals surface area contributed by atoms with Gasteiger partial charge in [-0.2, -0.15) is 0 Å². The van der Waals surface area contributed by atoms with Crippen LogP contribution in [0, 0.1) is 5.41 Å². The van der Waals surface area contributed by atoms with Gasteiger partial charge in [-0.15, -0.1) is 0 Å². The van der Waals surface area contributed by atoms with Gasteiger partial charge in [0.2, 0.25) is 0 Å². The van der Waals surface area contributed by atoms with Crippen LogP contribution in [0.3, 0.4) is 0 Å². The third-order valence-corrected chi connectivity index (χ3v) is 2.45. The van der Waals surface area contributed by atoms with Crippen molar-refractivity contribution in [2.45, 2.75) is 26.7 Å². The molecule has 0 bridgehead atoms. The Morgan fingerprint density at radius 3 is 2.54 bits per heavy atom. The van der Waals surface area contributed by atoms with Gasteiger partial charge in [0.05, 0.1) is 0 Å². The first kappa shape index (κ1) is 10.3. The fraction of sp³-hybridized carbons (Fsp3) is 0.500. The predicted molar refractivity (Wildman–Crippen MR) is 52.7 cm³/mol. The zero-order valence-electron chi connectivity index (χ0n) is 7.80. The van der Waals surface area contributed by atoms with Crippen molar-refractivity contribution in [1.29, 1.82) is 0 Å². The van der Waals surface area contributed by atoms with E-state index in [-0.39, 0.29) is 5.41 Å². The lowest BCUT2D eigenvalue weighted by Crippen LogP contribution is -2.04. The largest absolute Gasteiger partial charge is 0.478 e. The molecule has 72 valence electrons. The summed E-state index contributed by atoms with van der Waals surface area (Å²) in [5, 5.41) is 9.23. The number of carboxylic acid groups (broad SMARTS) is 1. The zero-order valence-corrected chi connectivity index (χ0v) is 8.56. The molecule has 1 N–H and O–H groups in total. The SMILES string of the molecule is CC1(C)CC(Cl)=C(/C=C/C(=O)O)C1. The van der Waals surface area contributed by atoms with Crippen molar-refractivity contribution >= 4 is 17.6 Å². The molecule has 1 aliphatic carbocycles. The first-order valence-electron chi connectivity index (χ1n) is 4.19. The second-order valence-electron chi connectivity index (χ2n) is 4.12. The van der Waals surface area contributed by atoms with Crippen LogP contribution in [0.25, 0.3) is 0 Å². The number of halogens is 1. The van der Waals surface area contributed by atoms with E-state index >= 15 is 0 Å². The third-order valence-electron chi connectivity index (χ3n) is 2.08. The molecule has 2 nitrogen and oxygen atoms in total. The van der Waals surface area contributed by atoms with E-state index in [4.69, 9.17) is 16.7 Å². The molecule has 0 unspecified atom stereocenters. The second-order valence-corrected chi connectivity index (χ2v) is 4.58. The van der Waals surface area contributed by atoms with Crippen LogP contribution in [0.1, 0.15) is 26.7 Å². The second kappa shape index (κ2) is 3.54. The Kier molecular flexibility index (Phi) is 2.81. The summed E-state index contributed by atoms with van der Waals surface area (Å²) in [6, 6.07) is 0. The van der Waals surface area contributed by atoms with Gasteiger partial charge in [0.1, 0.15) is 0 Å². The number of aliphatic carboxylic acids is 1. The number of hydrogen-bond donors (Lipinski definition) is 1. The minimum Gasteiger partial charge on any atom is -0.478 e. The molecule has 0 amide bonds. The van der Waals surface area contributed by atoms with E-state index < -0.39 is 5.97 Å². The van der Waals surface area contributed by atoms with Gasteiger partial charge >= 0.3 is 5.97 Å². The highest BCUT2D eigenvalue weighted by atomic mass is 35.5. The van der Waals surface area contributed by atoms with Gasteiger partial charge in [0, 0.05) is 11.1 Å². The number of carboxylic acids is 1. The minimum atomic E-state index is -0.929. The van der Waals surface area contributed by atoms with E-state index in [0.717, 1.165) is 29.5 Å². The topological polar surface area (TPSA) is 37.3 Å². The normalized spacial score (nSPS) is 21.5. The lowest BCUT2D eigenvalue weighted by molar-refractivity contribution is -0.131. The fourth-order valence-corrected chi connectivity index (χ4v) is 2.02. The van der Waals surface area contributed by atoms with Crippen molar-refractivity contribution in [3.05, 3.63) is 22.8 Å². The molecule has 0 aromatic rings. The monoisotopic (exact) mass is 200 g/mol. The molecule has 13 heavy (non-hydrogen) atoms. The van der Waals surface area contributed by atoms with Gasteiger partial charge < -0.3 is 5.11 Å². The number of rotatable bonds is 2. The maximum atomic E-state index is 10.3. The Hall–Kier alpha value is -0.760. The summed E-state index contributed by atoms with van der Waals surface area (Å²) >= 11 is 5.98. The van der Waals surface area contributed by atoms with Crippen molar-refractivity contribution in [3.63, 3.8) is 0 Å². The summed E-state index contributed by atoms with van der Waals surface area (Å²) in [5.74, 6) is -0.929. The highest BCUT2D eigenvalue weighted by molar-refractivity contribution is 6.30. The van der Waals surface area contributed by atoms with E-state index in [9.17, 15) is 4.79 Å². The molecule has 0 aromatic heterocycles.